The second kappa shape index (κ2) is 4.45. The predicted molar refractivity (Wildman–Crippen MR) is 80.7 cm³/mol. The maximum Gasteiger partial charge on any atom is 0.266 e. The summed E-state index contributed by atoms with van der Waals surface area (Å²) in [6.07, 6.45) is 7.00. The van der Waals surface area contributed by atoms with Crippen LogP contribution in [0.5, 0.6) is 0 Å². The van der Waals surface area contributed by atoms with E-state index < -0.39 is 0 Å². The summed E-state index contributed by atoms with van der Waals surface area (Å²) in [6, 6.07) is 7.99. The minimum Gasteiger partial charge on any atom is -0.253 e. The van der Waals surface area contributed by atoms with Gasteiger partial charge in [0.1, 0.15) is 0 Å². The fourth-order valence-corrected chi connectivity index (χ4v) is 2.34. The molecule has 4 rings (SSSR count). The average molecular weight is 274 g/mol. The van der Waals surface area contributed by atoms with E-state index >= 15 is 0 Å². The van der Waals surface area contributed by atoms with Crippen LogP contribution >= 0.6 is 0 Å². The molecule has 0 atom stereocenters. The van der Waals surface area contributed by atoms with Crippen molar-refractivity contribution in [2.45, 2.75) is 0 Å². The zero-order valence-electron chi connectivity index (χ0n) is 11.0. The van der Waals surface area contributed by atoms with E-state index in [4.69, 9.17) is 0 Å². The van der Waals surface area contributed by atoms with Gasteiger partial charge >= 0.3 is 0 Å². The number of aromatic nitrogens is 5. The molecule has 0 radical (unpaired) electrons. The Morgan fingerprint density at radius 3 is 2.71 bits per heavy atom. The summed E-state index contributed by atoms with van der Waals surface area (Å²) in [7, 11) is 0. The smallest absolute Gasteiger partial charge is 0.253 e. The first-order valence-electron chi connectivity index (χ1n) is 6.37. The van der Waals surface area contributed by atoms with Crippen LogP contribution in [-0.4, -0.2) is 31.3 Å². The molecule has 1 aromatic carbocycles. The molecule has 0 aliphatic carbocycles. The Hall–Kier alpha value is -3.15. The summed E-state index contributed by atoms with van der Waals surface area (Å²) in [5, 5.41) is 4.25. The van der Waals surface area contributed by atoms with E-state index in [0.717, 1.165) is 27.7 Å². The standard InChI is InChI=1S/C15H10N6/c1-16-15-19-9-14-11(4-7-21(14)20-15)10-2-3-12-13(8-10)18-6-5-17-12/h2-9H,1H2. The van der Waals surface area contributed by atoms with Gasteiger partial charge in [-0.2, -0.15) is 0 Å². The van der Waals surface area contributed by atoms with Crippen LogP contribution in [0.3, 0.4) is 0 Å². The van der Waals surface area contributed by atoms with Gasteiger partial charge in [-0.15, -0.1) is 5.10 Å². The van der Waals surface area contributed by atoms with Crippen molar-refractivity contribution in [2.75, 3.05) is 0 Å². The van der Waals surface area contributed by atoms with Crippen molar-refractivity contribution < 1.29 is 0 Å². The Balaban J connectivity index is 1.93. The number of nitrogens with zero attached hydrogens (tertiary/aromatic N) is 6. The van der Waals surface area contributed by atoms with E-state index in [1.54, 1.807) is 23.1 Å². The molecule has 6 nitrogen and oxygen atoms in total. The lowest BCUT2D eigenvalue weighted by atomic mass is 10.1. The van der Waals surface area contributed by atoms with Crippen molar-refractivity contribution in [1.29, 1.82) is 0 Å². The first kappa shape index (κ1) is 11.7. The molecule has 0 N–H and O–H groups in total. The third-order valence-electron chi connectivity index (χ3n) is 3.33. The maximum atomic E-state index is 4.34. The number of aliphatic imine (C=N–C) groups is 1. The summed E-state index contributed by atoms with van der Waals surface area (Å²) < 4.78 is 1.74. The minimum atomic E-state index is 0.356. The Labute approximate surface area is 119 Å². The summed E-state index contributed by atoms with van der Waals surface area (Å²) in [5.74, 6) is 0.356. The van der Waals surface area contributed by atoms with Crippen LogP contribution in [0.2, 0.25) is 0 Å². The van der Waals surface area contributed by atoms with Crippen LogP contribution < -0.4 is 0 Å². The summed E-state index contributed by atoms with van der Waals surface area (Å²) in [5.41, 5.74) is 4.73. The van der Waals surface area contributed by atoms with Crippen molar-refractivity contribution in [1.82, 2.24) is 24.6 Å². The topological polar surface area (TPSA) is 68.3 Å². The molecule has 0 spiro atoms. The summed E-state index contributed by atoms with van der Waals surface area (Å²) >= 11 is 0. The highest BCUT2D eigenvalue weighted by Gasteiger charge is 2.08. The summed E-state index contributed by atoms with van der Waals surface area (Å²) in [4.78, 5) is 16.5. The summed E-state index contributed by atoms with van der Waals surface area (Å²) in [6.45, 7) is 3.43. The molecule has 0 amide bonds. The van der Waals surface area contributed by atoms with Gasteiger partial charge < -0.3 is 0 Å². The van der Waals surface area contributed by atoms with Crippen LogP contribution in [0.1, 0.15) is 0 Å². The van der Waals surface area contributed by atoms with Crippen molar-refractivity contribution >= 4 is 29.2 Å². The molecule has 3 aromatic heterocycles. The van der Waals surface area contributed by atoms with Gasteiger partial charge in [0, 0.05) is 24.2 Å². The van der Waals surface area contributed by atoms with Gasteiger partial charge in [-0.05, 0) is 30.5 Å². The molecule has 0 unspecified atom stereocenters. The Bertz CT molecular complexity index is 972. The maximum absolute atomic E-state index is 4.34. The first-order valence-corrected chi connectivity index (χ1v) is 6.37. The molecule has 21 heavy (non-hydrogen) atoms. The molecule has 0 fully saturated rings. The molecule has 0 bridgehead atoms. The molecule has 0 aliphatic rings. The van der Waals surface area contributed by atoms with Crippen LogP contribution in [-0.2, 0) is 0 Å². The van der Waals surface area contributed by atoms with Gasteiger partial charge in [0.25, 0.3) is 5.95 Å². The highest BCUT2D eigenvalue weighted by atomic mass is 15.3. The lowest BCUT2D eigenvalue weighted by Crippen LogP contribution is -1.92. The van der Waals surface area contributed by atoms with Crippen molar-refractivity contribution in [2.24, 2.45) is 4.99 Å². The molecule has 0 saturated heterocycles. The zero-order valence-corrected chi connectivity index (χ0v) is 11.0. The molecule has 4 aromatic rings. The Morgan fingerprint density at radius 1 is 1.00 bits per heavy atom. The van der Waals surface area contributed by atoms with Gasteiger partial charge in [-0.25, -0.2) is 14.5 Å². The fourth-order valence-electron chi connectivity index (χ4n) is 2.34. The van der Waals surface area contributed by atoms with E-state index in [-0.39, 0.29) is 0 Å². The second-order valence-electron chi connectivity index (χ2n) is 4.54. The number of hydrogen-bond donors (Lipinski definition) is 0. The lowest BCUT2D eigenvalue weighted by Gasteiger charge is -2.02. The normalized spacial score (nSPS) is 11.0. The van der Waals surface area contributed by atoms with Crippen LogP contribution in [0, 0.1) is 0 Å². The van der Waals surface area contributed by atoms with Gasteiger partial charge in [-0.3, -0.25) is 9.97 Å². The van der Waals surface area contributed by atoms with Crippen LogP contribution in [0.4, 0.5) is 5.95 Å². The highest BCUT2D eigenvalue weighted by Crippen LogP contribution is 2.27. The van der Waals surface area contributed by atoms with E-state index in [1.807, 2.05) is 30.5 Å². The Morgan fingerprint density at radius 2 is 1.86 bits per heavy atom. The third-order valence-corrected chi connectivity index (χ3v) is 3.33. The van der Waals surface area contributed by atoms with Gasteiger partial charge in [0.2, 0.25) is 0 Å². The molecule has 0 aliphatic heterocycles. The number of rotatable bonds is 2. The third kappa shape index (κ3) is 1.85. The van der Waals surface area contributed by atoms with Gasteiger partial charge in [0.15, 0.2) is 0 Å². The van der Waals surface area contributed by atoms with Crippen LogP contribution in [0.15, 0.2) is 54.0 Å². The predicted octanol–water partition coefficient (Wildman–Crippen LogP) is 2.67. The second-order valence-corrected chi connectivity index (χ2v) is 4.54. The first-order chi connectivity index (χ1) is 10.3. The largest absolute Gasteiger partial charge is 0.266 e. The SMILES string of the molecule is C=Nc1ncc2c(-c3ccc4nccnc4c3)ccn2n1. The lowest BCUT2D eigenvalue weighted by molar-refractivity contribution is 0.904. The fraction of sp³-hybridized carbons (Fsp3) is 0. The van der Waals surface area contributed by atoms with E-state index in [2.05, 4.69) is 31.8 Å². The molecule has 0 saturated carbocycles. The minimum absolute atomic E-state index is 0.356. The number of fused-ring (bicyclic) bond motifs is 2. The van der Waals surface area contributed by atoms with Crippen molar-refractivity contribution in [3.8, 4) is 11.1 Å². The highest BCUT2D eigenvalue weighted by molar-refractivity contribution is 5.86. The quantitative estimate of drug-likeness (QED) is 0.527. The van der Waals surface area contributed by atoms with Crippen molar-refractivity contribution in [3.05, 3.63) is 49.1 Å². The molecule has 6 heteroatoms. The number of hydrogen-bond acceptors (Lipinski definition) is 5. The number of benzene rings is 1. The zero-order chi connectivity index (χ0) is 14.2. The van der Waals surface area contributed by atoms with Gasteiger partial charge in [0.05, 0.1) is 22.7 Å². The van der Waals surface area contributed by atoms with Gasteiger partial charge in [-0.1, -0.05) is 6.07 Å². The van der Waals surface area contributed by atoms with Crippen molar-refractivity contribution in [3.63, 3.8) is 0 Å². The molecule has 3 heterocycles. The van der Waals surface area contributed by atoms with E-state index in [9.17, 15) is 0 Å². The van der Waals surface area contributed by atoms with E-state index in [1.165, 1.54) is 0 Å². The van der Waals surface area contributed by atoms with E-state index in [0.29, 0.717) is 5.95 Å². The van der Waals surface area contributed by atoms with Crippen LogP contribution in [0.25, 0.3) is 27.7 Å². The Kier molecular flexibility index (Phi) is 2.47. The monoisotopic (exact) mass is 274 g/mol. The average Bonchev–Trinajstić information content (AvgIpc) is 2.97. The molecule has 100 valence electrons. The molecular formula is C15H10N6. The molecular weight excluding hydrogens is 264 g/mol.